The summed E-state index contributed by atoms with van der Waals surface area (Å²) in [6, 6.07) is 16.8. The number of aryl methyl sites for hydroxylation is 1. The summed E-state index contributed by atoms with van der Waals surface area (Å²) in [6.45, 7) is 4.15. The van der Waals surface area contributed by atoms with Gasteiger partial charge in [0.25, 0.3) is 0 Å². The fourth-order valence-electron chi connectivity index (χ4n) is 4.32. The third kappa shape index (κ3) is 3.20. The fourth-order valence-corrected chi connectivity index (χ4v) is 4.59. The molecule has 1 N–H and O–H groups in total. The maximum atomic E-state index is 12.7. The van der Waals surface area contributed by atoms with Crippen LogP contribution in [-0.2, 0) is 11.3 Å². The highest BCUT2D eigenvalue weighted by Gasteiger charge is 2.53. The standard InChI is InChI=1S/C21H23BrN2O2/c1-14-2-4-15(5-3-14)10-23-11-18-21(16-6-8-17(22)9-7-16)19(13-25)24(18)20(26)12-23/h2-9,18-19,21,25H,10-13H2,1H3/t18-,19+,21+/m0/s1. The van der Waals surface area contributed by atoms with E-state index in [1.165, 1.54) is 16.7 Å². The van der Waals surface area contributed by atoms with E-state index in [1.807, 2.05) is 17.0 Å². The average Bonchev–Trinajstić information content (AvgIpc) is 2.61. The lowest BCUT2D eigenvalue weighted by Gasteiger charge is -2.59. The van der Waals surface area contributed by atoms with Crippen LogP contribution in [0.3, 0.4) is 0 Å². The minimum atomic E-state index is -0.102. The Morgan fingerprint density at radius 3 is 2.46 bits per heavy atom. The van der Waals surface area contributed by atoms with Crippen molar-refractivity contribution in [3.05, 3.63) is 69.7 Å². The Morgan fingerprint density at radius 2 is 1.81 bits per heavy atom. The summed E-state index contributed by atoms with van der Waals surface area (Å²) in [5.74, 6) is 0.318. The molecule has 0 aromatic heterocycles. The summed E-state index contributed by atoms with van der Waals surface area (Å²) < 4.78 is 1.04. The van der Waals surface area contributed by atoms with Gasteiger partial charge in [-0.2, -0.15) is 0 Å². The van der Waals surface area contributed by atoms with Crippen LogP contribution in [0.25, 0.3) is 0 Å². The number of nitrogens with zero attached hydrogens (tertiary/aromatic N) is 2. The van der Waals surface area contributed by atoms with Gasteiger partial charge in [-0.1, -0.05) is 57.9 Å². The predicted octanol–water partition coefficient (Wildman–Crippen LogP) is 2.93. The molecule has 0 saturated carbocycles. The van der Waals surface area contributed by atoms with Crippen LogP contribution in [0.5, 0.6) is 0 Å². The summed E-state index contributed by atoms with van der Waals surface area (Å²) >= 11 is 3.47. The Hall–Kier alpha value is -1.69. The van der Waals surface area contributed by atoms with E-state index in [4.69, 9.17) is 0 Å². The Morgan fingerprint density at radius 1 is 1.12 bits per heavy atom. The van der Waals surface area contributed by atoms with Crippen molar-refractivity contribution < 1.29 is 9.90 Å². The molecule has 2 aliphatic rings. The van der Waals surface area contributed by atoms with E-state index >= 15 is 0 Å². The van der Waals surface area contributed by atoms with E-state index in [9.17, 15) is 9.90 Å². The van der Waals surface area contributed by atoms with Crippen LogP contribution >= 0.6 is 15.9 Å². The molecule has 2 heterocycles. The molecular formula is C21H23BrN2O2. The van der Waals surface area contributed by atoms with Gasteiger partial charge in [0, 0.05) is 23.5 Å². The van der Waals surface area contributed by atoms with Gasteiger partial charge in [0.15, 0.2) is 0 Å². The summed E-state index contributed by atoms with van der Waals surface area (Å²) in [5, 5.41) is 9.84. The van der Waals surface area contributed by atoms with Crippen LogP contribution < -0.4 is 0 Å². The lowest BCUT2D eigenvalue weighted by atomic mass is 9.74. The van der Waals surface area contributed by atoms with Crippen molar-refractivity contribution in [1.29, 1.82) is 0 Å². The lowest BCUT2D eigenvalue weighted by molar-refractivity contribution is -0.162. The van der Waals surface area contributed by atoms with Gasteiger partial charge in [-0.3, -0.25) is 9.69 Å². The van der Waals surface area contributed by atoms with Crippen LogP contribution in [0.2, 0.25) is 0 Å². The van der Waals surface area contributed by atoms with Crippen LogP contribution in [0.1, 0.15) is 22.6 Å². The molecule has 26 heavy (non-hydrogen) atoms. The first-order valence-corrected chi connectivity index (χ1v) is 9.81. The van der Waals surface area contributed by atoms with Crippen LogP contribution in [0.15, 0.2) is 53.0 Å². The van der Waals surface area contributed by atoms with Gasteiger partial charge in [0.05, 0.1) is 25.2 Å². The van der Waals surface area contributed by atoms with Crippen molar-refractivity contribution in [1.82, 2.24) is 9.80 Å². The quantitative estimate of drug-likeness (QED) is 0.836. The van der Waals surface area contributed by atoms with E-state index < -0.39 is 0 Å². The van der Waals surface area contributed by atoms with E-state index in [2.05, 4.69) is 64.2 Å². The molecule has 2 aliphatic heterocycles. The number of aliphatic hydroxyl groups excluding tert-OH is 1. The molecule has 0 spiro atoms. The first-order chi connectivity index (χ1) is 12.6. The summed E-state index contributed by atoms with van der Waals surface area (Å²) in [6.07, 6.45) is 0. The molecule has 0 aliphatic carbocycles. The maximum Gasteiger partial charge on any atom is 0.237 e. The van der Waals surface area contributed by atoms with Gasteiger partial charge in [-0.25, -0.2) is 0 Å². The molecule has 5 heteroatoms. The molecule has 4 rings (SSSR count). The number of hydrogen-bond acceptors (Lipinski definition) is 3. The number of amides is 1. The summed E-state index contributed by atoms with van der Waals surface area (Å²) in [5.41, 5.74) is 3.67. The van der Waals surface area contributed by atoms with E-state index in [0.29, 0.717) is 6.54 Å². The number of halogens is 1. The van der Waals surface area contributed by atoms with Gasteiger partial charge in [0.2, 0.25) is 5.91 Å². The van der Waals surface area contributed by atoms with Crippen LogP contribution in [0, 0.1) is 6.92 Å². The Bertz CT molecular complexity index is 791. The summed E-state index contributed by atoms with van der Waals surface area (Å²) in [4.78, 5) is 16.8. The number of hydrogen-bond donors (Lipinski definition) is 1. The van der Waals surface area contributed by atoms with Crippen LogP contribution in [0.4, 0.5) is 0 Å². The van der Waals surface area contributed by atoms with Crippen molar-refractivity contribution in [2.24, 2.45) is 0 Å². The molecule has 2 fully saturated rings. The van der Waals surface area contributed by atoms with Gasteiger partial charge < -0.3 is 10.0 Å². The highest BCUT2D eigenvalue weighted by Crippen LogP contribution is 2.43. The van der Waals surface area contributed by atoms with Gasteiger partial charge in [-0.05, 0) is 30.2 Å². The third-order valence-corrected chi connectivity index (χ3v) is 6.13. The topological polar surface area (TPSA) is 43.8 Å². The average molecular weight is 415 g/mol. The lowest BCUT2D eigenvalue weighted by Crippen LogP contribution is -2.72. The SMILES string of the molecule is Cc1ccc(CN2CC(=O)N3[C@H](CO)[C@H](c4ccc(Br)cc4)[C@@H]3C2)cc1. The molecule has 2 aromatic rings. The molecule has 4 nitrogen and oxygen atoms in total. The van der Waals surface area contributed by atoms with Crippen molar-refractivity contribution in [2.75, 3.05) is 19.7 Å². The minimum Gasteiger partial charge on any atom is -0.394 e. The van der Waals surface area contributed by atoms with Crippen LogP contribution in [-0.4, -0.2) is 52.6 Å². The smallest absolute Gasteiger partial charge is 0.237 e. The van der Waals surface area contributed by atoms with E-state index in [0.717, 1.165) is 17.6 Å². The number of carbonyl (C=O) groups excluding carboxylic acids is 1. The molecular weight excluding hydrogens is 392 g/mol. The van der Waals surface area contributed by atoms with Crippen molar-refractivity contribution in [3.63, 3.8) is 0 Å². The van der Waals surface area contributed by atoms with E-state index in [1.54, 1.807) is 0 Å². The molecule has 2 aromatic carbocycles. The molecule has 1 amide bonds. The van der Waals surface area contributed by atoms with E-state index in [-0.39, 0.29) is 30.5 Å². The number of carbonyl (C=O) groups is 1. The van der Waals surface area contributed by atoms with Gasteiger partial charge >= 0.3 is 0 Å². The zero-order valence-corrected chi connectivity index (χ0v) is 16.4. The molecule has 2 saturated heterocycles. The van der Waals surface area contributed by atoms with Gasteiger partial charge in [0.1, 0.15) is 0 Å². The second-order valence-corrected chi connectivity index (χ2v) is 8.27. The number of aliphatic hydroxyl groups is 1. The first kappa shape index (κ1) is 17.7. The minimum absolute atomic E-state index is 0.0148. The maximum absolute atomic E-state index is 12.7. The number of rotatable bonds is 4. The fraction of sp³-hybridized carbons (Fsp3) is 0.381. The Labute approximate surface area is 162 Å². The molecule has 0 unspecified atom stereocenters. The molecule has 3 atom stereocenters. The normalized spacial score (nSPS) is 25.7. The van der Waals surface area contributed by atoms with Crippen molar-refractivity contribution >= 4 is 21.8 Å². The number of piperazine rings is 1. The molecule has 0 bridgehead atoms. The first-order valence-electron chi connectivity index (χ1n) is 9.02. The Balaban J connectivity index is 1.53. The largest absolute Gasteiger partial charge is 0.394 e. The summed E-state index contributed by atoms with van der Waals surface area (Å²) in [7, 11) is 0. The molecule has 0 radical (unpaired) electrons. The van der Waals surface area contributed by atoms with Crippen molar-refractivity contribution in [3.8, 4) is 0 Å². The zero-order chi connectivity index (χ0) is 18.3. The molecule has 136 valence electrons. The predicted molar refractivity (Wildman–Crippen MR) is 105 cm³/mol. The highest BCUT2D eigenvalue weighted by atomic mass is 79.9. The Kier molecular flexibility index (Phi) is 4.86. The third-order valence-electron chi connectivity index (χ3n) is 5.60. The number of benzene rings is 2. The zero-order valence-electron chi connectivity index (χ0n) is 14.8. The number of fused-ring (bicyclic) bond motifs is 1. The highest BCUT2D eigenvalue weighted by molar-refractivity contribution is 9.10. The second kappa shape index (κ2) is 7.14. The van der Waals surface area contributed by atoms with Gasteiger partial charge in [-0.15, -0.1) is 0 Å². The van der Waals surface area contributed by atoms with Crippen molar-refractivity contribution in [2.45, 2.75) is 31.5 Å². The second-order valence-electron chi connectivity index (χ2n) is 7.35. The monoisotopic (exact) mass is 414 g/mol.